The molecule has 0 aliphatic heterocycles. The third-order valence-corrected chi connectivity index (χ3v) is 4.82. The number of amides is 1. The van der Waals surface area contributed by atoms with E-state index >= 15 is 0 Å². The molecular weight excluding hydrogens is 245 g/mol. The minimum atomic E-state index is -4.87. The van der Waals surface area contributed by atoms with Gasteiger partial charge in [-0.15, -0.1) is 0 Å². The van der Waals surface area contributed by atoms with Crippen LogP contribution < -0.4 is 5.73 Å². The summed E-state index contributed by atoms with van der Waals surface area (Å²) in [7, 11) is -3.06. The summed E-state index contributed by atoms with van der Waals surface area (Å²) < 4.78 is 50.3. The molecule has 2 atom stereocenters. The summed E-state index contributed by atoms with van der Waals surface area (Å²) in [6.45, 7) is 4.56. The number of halogens is 3. The van der Waals surface area contributed by atoms with E-state index < -0.39 is 32.6 Å². The fraction of sp³-hybridized carbons (Fsp3) is 0.875. The van der Waals surface area contributed by atoms with Gasteiger partial charge >= 0.3 is 6.18 Å². The van der Waals surface area contributed by atoms with E-state index in [0.717, 1.165) is 6.26 Å². The highest BCUT2D eigenvalue weighted by Gasteiger charge is 2.42. The molecule has 16 heavy (non-hydrogen) atoms. The van der Waals surface area contributed by atoms with Crippen molar-refractivity contribution in [2.75, 3.05) is 6.26 Å². The lowest BCUT2D eigenvalue weighted by atomic mass is 10.3. The van der Waals surface area contributed by atoms with Gasteiger partial charge in [-0.2, -0.15) is 17.5 Å². The number of nitrogens with zero attached hydrogens (tertiary/aromatic N) is 1. The highest BCUT2D eigenvalue weighted by atomic mass is 32.2. The third kappa shape index (κ3) is 3.75. The van der Waals surface area contributed by atoms with Gasteiger partial charge < -0.3 is 5.73 Å². The van der Waals surface area contributed by atoms with E-state index in [1.165, 1.54) is 20.8 Å². The van der Waals surface area contributed by atoms with E-state index in [-0.39, 0.29) is 0 Å². The monoisotopic (exact) mass is 260 g/mol. The molecule has 0 aliphatic rings. The van der Waals surface area contributed by atoms with Gasteiger partial charge in [0.15, 0.2) is 6.04 Å². The summed E-state index contributed by atoms with van der Waals surface area (Å²) in [6, 6.07) is -2.71. The molecule has 0 aromatic carbocycles. The van der Waals surface area contributed by atoms with E-state index in [0.29, 0.717) is 0 Å². The van der Waals surface area contributed by atoms with Crippen molar-refractivity contribution >= 4 is 15.6 Å². The first kappa shape index (κ1) is 15.4. The summed E-state index contributed by atoms with van der Waals surface area (Å²) in [5.74, 6) is -1.60. The largest absolute Gasteiger partial charge is 0.412 e. The zero-order valence-corrected chi connectivity index (χ0v) is 10.3. The topological polar surface area (TPSA) is 72.5 Å². The second-order valence-corrected chi connectivity index (χ2v) is 7.38. The Balaban J connectivity index is 5.23. The van der Waals surface area contributed by atoms with Crippen LogP contribution in [0.25, 0.3) is 0 Å². The number of hydrogen-bond acceptors (Lipinski definition) is 3. The molecule has 0 fully saturated rings. The second kappa shape index (κ2) is 4.33. The Hall–Kier alpha value is -0.630. The van der Waals surface area contributed by atoms with Crippen LogP contribution in [0.2, 0.25) is 0 Å². The van der Waals surface area contributed by atoms with E-state index in [1.54, 1.807) is 0 Å². The summed E-state index contributed by atoms with van der Waals surface area (Å²) >= 11 is 0. The quantitative estimate of drug-likeness (QED) is 0.772. The molecule has 0 aromatic heterocycles. The van der Waals surface area contributed by atoms with Crippen LogP contribution >= 0.6 is 0 Å². The van der Waals surface area contributed by atoms with Gasteiger partial charge in [-0.25, -0.2) is 4.21 Å². The van der Waals surface area contributed by atoms with E-state index in [2.05, 4.69) is 10.1 Å². The Kier molecular flexibility index (Phi) is 4.15. The maximum atomic E-state index is 12.1. The van der Waals surface area contributed by atoms with Crippen LogP contribution in [0.3, 0.4) is 0 Å². The molecule has 0 saturated carbocycles. The zero-order valence-electron chi connectivity index (χ0n) is 9.46. The Morgan fingerprint density at radius 3 is 1.94 bits per heavy atom. The summed E-state index contributed by atoms with van der Waals surface area (Å²) in [6.07, 6.45) is -3.73. The van der Waals surface area contributed by atoms with Crippen molar-refractivity contribution in [2.24, 2.45) is 10.1 Å². The molecule has 4 nitrogen and oxygen atoms in total. The van der Waals surface area contributed by atoms with E-state index in [1.807, 2.05) is 0 Å². The van der Waals surface area contributed by atoms with Crippen LogP contribution in [0.15, 0.2) is 4.36 Å². The normalized spacial score (nSPS) is 18.8. The Morgan fingerprint density at radius 2 is 1.69 bits per heavy atom. The van der Waals surface area contributed by atoms with Crippen LogP contribution in [0.4, 0.5) is 13.2 Å². The molecule has 1 amide bonds. The van der Waals surface area contributed by atoms with E-state index in [9.17, 15) is 22.2 Å². The molecule has 2 unspecified atom stereocenters. The number of nitrogens with two attached hydrogens (primary N) is 1. The molecule has 0 aliphatic carbocycles. The Labute approximate surface area is 92.6 Å². The molecule has 0 saturated heterocycles. The Morgan fingerprint density at radius 1 is 1.31 bits per heavy atom. The van der Waals surface area contributed by atoms with Gasteiger partial charge in [0, 0.05) is 11.0 Å². The zero-order chi connectivity index (χ0) is 13.4. The fourth-order valence-corrected chi connectivity index (χ4v) is 1.24. The number of carbonyl (C=O) groups excluding carboxylic acids is 1. The first-order chi connectivity index (χ1) is 6.79. The van der Waals surface area contributed by atoms with Gasteiger partial charge in [-0.1, -0.05) is 0 Å². The fourth-order valence-electron chi connectivity index (χ4n) is 0.505. The highest BCUT2D eigenvalue weighted by Crippen LogP contribution is 2.22. The number of carbonyl (C=O) groups is 1. The average Bonchev–Trinajstić information content (AvgIpc) is 1.97. The van der Waals surface area contributed by atoms with Crippen LogP contribution in [-0.4, -0.2) is 33.3 Å². The molecule has 0 bridgehead atoms. The first-order valence-electron chi connectivity index (χ1n) is 4.37. The summed E-state index contributed by atoms with van der Waals surface area (Å²) in [5, 5.41) is 0. The minimum Gasteiger partial charge on any atom is -0.312 e. The van der Waals surface area contributed by atoms with Crippen LogP contribution in [-0.2, 0) is 14.5 Å². The van der Waals surface area contributed by atoms with Crippen molar-refractivity contribution in [3.63, 3.8) is 0 Å². The molecule has 0 heterocycles. The molecule has 96 valence electrons. The SMILES string of the molecule is CC(C)(C)S(C)(=O)=NC(=O)C(N)C(F)(F)F. The standard InChI is InChI=1S/C8H15F3N2O2S/c1-7(2,3)16(4,15)13-6(14)5(12)8(9,10)11/h5H,12H2,1-4H3. The van der Waals surface area contributed by atoms with Crippen molar-refractivity contribution in [1.29, 1.82) is 0 Å². The molecule has 2 N–H and O–H groups in total. The smallest absolute Gasteiger partial charge is 0.312 e. The molecule has 0 aromatic rings. The van der Waals surface area contributed by atoms with Gasteiger partial charge in [-0.05, 0) is 20.8 Å². The number of hydrogen-bond donors (Lipinski definition) is 1. The highest BCUT2D eigenvalue weighted by molar-refractivity contribution is 7.94. The first-order valence-corrected chi connectivity index (χ1v) is 6.29. The number of rotatable bonds is 1. The lowest BCUT2D eigenvalue weighted by molar-refractivity contribution is -0.160. The van der Waals surface area contributed by atoms with Crippen molar-refractivity contribution < 1.29 is 22.2 Å². The maximum absolute atomic E-state index is 12.1. The lowest BCUT2D eigenvalue weighted by Gasteiger charge is -2.21. The minimum absolute atomic E-state index is 0.895. The predicted molar refractivity (Wildman–Crippen MR) is 55.3 cm³/mol. The average molecular weight is 260 g/mol. The van der Waals surface area contributed by atoms with Gasteiger partial charge in [0.1, 0.15) is 0 Å². The summed E-state index contributed by atoms with van der Waals surface area (Å²) in [5.41, 5.74) is 4.65. The number of alkyl halides is 3. The van der Waals surface area contributed by atoms with Crippen molar-refractivity contribution in [2.45, 2.75) is 37.7 Å². The van der Waals surface area contributed by atoms with Crippen molar-refractivity contribution in [1.82, 2.24) is 0 Å². The van der Waals surface area contributed by atoms with Gasteiger partial charge in [0.2, 0.25) is 0 Å². The third-order valence-electron chi connectivity index (χ3n) is 2.02. The molecule has 0 radical (unpaired) electrons. The maximum Gasteiger partial charge on any atom is 0.412 e. The Bertz CT molecular complexity index is 389. The van der Waals surface area contributed by atoms with Crippen LogP contribution in [0.1, 0.15) is 20.8 Å². The molecule has 0 rings (SSSR count). The predicted octanol–water partition coefficient (Wildman–Crippen LogP) is 1.30. The summed E-state index contributed by atoms with van der Waals surface area (Å²) in [4.78, 5) is 11.1. The van der Waals surface area contributed by atoms with Gasteiger partial charge in [-0.3, -0.25) is 4.79 Å². The van der Waals surface area contributed by atoms with Crippen molar-refractivity contribution in [3.05, 3.63) is 0 Å². The lowest BCUT2D eigenvalue weighted by Crippen LogP contribution is -2.44. The van der Waals surface area contributed by atoms with Crippen LogP contribution in [0, 0.1) is 0 Å². The second-order valence-electron chi connectivity index (χ2n) is 4.36. The molecule has 8 heteroatoms. The van der Waals surface area contributed by atoms with Crippen molar-refractivity contribution in [3.8, 4) is 0 Å². The van der Waals surface area contributed by atoms with E-state index in [4.69, 9.17) is 0 Å². The van der Waals surface area contributed by atoms with Gasteiger partial charge in [0.25, 0.3) is 5.91 Å². The molecular formula is C8H15F3N2O2S. The van der Waals surface area contributed by atoms with Crippen LogP contribution in [0.5, 0.6) is 0 Å². The van der Waals surface area contributed by atoms with Gasteiger partial charge in [0.05, 0.1) is 9.73 Å². The molecule has 0 spiro atoms.